The van der Waals surface area contributed by atoms with Crippen LogP contribution in [0.2, 0.25) is 0 Å². The van der Waals surface area contributed by atoms with Crippen LogP contribution in [-0.4, -0.2) is 46.7 Å². The van der Waals surface area contributed by atoms with Gasteiger partial charge in [0.25, 0.3) is 0 Å². The van der Waals surface area contributed by atoms with Crippen LogP contribution in [0.25, 0.3) is 0 Å². The van der Waals surface area contributed by atoms with Crippen molar-refractivity contribution in [3.05, 3.63) is 0 Å². The van der Waals surface area contributed by atoms with Crippen LogP contribution in [0, 0.1) is 52.3 Å². The number of carbonyl (C=O) groups excluding carboxylic acids is 1. The number of carbonyl (C=O) groups is 1. The molecule has 4 aliphatic carbocycles. The fraction of sp³-hybridized carbons (Fsp3) is 0.963. The van der Waals surface area contributed by atoms with E-state index in [1.54, 1.807) is 0 Å². The Kier molecular flexibility index (Phi) is 4.83. The number of aliphatic hydroxyl groups excluding tert-OH is 2. The fourth-order valence-corrected chi connectivity index (χ4v) is 9.97. The summed E-state index contributed by atoms with van der Waals surface area (Å²) >= 11 is 0. The van der Waals surface area contributed by atoms with E-state index in [4.69, 9.17) is 9.47 Å². The Labute approximate surface area is 192 Å². The lowest BCUT2D eigenvalue weighted by atomic mass is 9.43. The van der Waals surface area contributed by atoms with E-state index in [1.807, 2.05) is 0 Å². The van der Waals surface area contributed by atoms with Crippen molar-refractivity contribution in [2.24, 2.45) is 52.3 Å². The molecular weight excluding hydrogens is 404 g/mol. The van der Waals surface area contributed by atoms with E-state index in [9.17, 15) is 15.0 Å². The normalized spacial score (nSPS) is 61.8. The Balaban J connectivity index is 1.30. The largest absolute Gasteiger partial charge is 0.390 e. The molecule has 6 aliphatic rings. The lowest BCUT2D eigenvalue weighted by molar-refractivity contribution is -0.272. The molecule has 0 aromatic carbocycles. The molecule has 1 spiro atoms. The average Bonchev–Trinajstić information content (AvgIpc) is 3.19. The van der Waals surface area contributed by atoms with E-state index < -0.39 is 18.0 Å². The maximum absolute atomic E-state index is 14.0. The zero-order chi connectivity index (χ0) is 22.6. The van der Waals surface area contributed by atoms with Crippen molar-refractivity contribution in [2.45, 2.75) is 103 Å². The summed E-state index contributed by atoms with van der Waals surface area (Å²) in [7, 11) is 0. The molecule has 0 aromatic heterocycles. The van der Waals surface area contributed by atoms with Gasteiger partial charge in [0.1, 0.15) is 5.78 Å². The first-order valence-electron chi connectivity index (χ1n) is 13.3. The summed E-state index contributed by atoms with van der Waals surface area (Å²) in [5.74, 6) is 2.64. The molecule has 2 saturated heterocycles. The number of hydrogen-bond donors (Lipinski definition) is 2. The maximum atomic E-state index is 14.0. The van der Waals surface area contributed by atoms with E-state index in [2.05, 4.69) is 27.7 Å². The van der Waals surface area contributed by atoms with Crippen LogP contribution < -0.4 is 0 Å². The number of rotatable bonds is 0. The summed E-state index contributed by atoms with van der Waals surface area (Å²) in [6, 6.07) is 0. The summed E-state index contributed by atoms with van der Waals surface area (Å²) < 4.78 is 13.2. The molecule has 0 bridgehead atoms. The van der Waals surface area contributed by atoms with Gasteiger partial charge in [-0.25, -0.2) is 0 Å². The zero-order valence-electron chi connectivity index (χ0n) is 20.3. The minimum absolute atomic E-state index is 0.0490. The second-order valence-corrected chi connectivity index (χ2v) is 13.1. The molecule has 0 radical (unpaired) electrons. The highest BCUT2D eigenvalue weighted by Gasteiger charge is 2.71. The lowest BCUT2D eigenvalue weighted by Gasteiger charge is -2.61. The first kappa shape index (κ1) is 22.0. The molecule has 0 unspecified atom stereocenters. The Bertz CT molecular complexity index is 789. The van der Waals surface area contributed by atoms with Gasteiger partial charge in [0.05, 0.1) is 24.9 Å². The smallest absolute Gasteiger partial charge is 0.171 e. The number of ether oxygens (including phenoxy) is 2. The van der Waals surface area contributed by atoms with Crippen LogP contribution in [0.15, 0.2) is 0 Å². The molecule has 0 aromatic rings. The van der Waals surface area contributed by atoms with Gasteiger partial charge in [0.15, 0.2) is 5.79 Å². The van der Waals surface area contributed by atoms with Crippen LogP contribution in [-0.2, 0) is 14.3 Å². The Morgan fingerprint density at radius 2 is 1.78 bits per heavy atom. The number of ketones is 1. The molecule has 180 valence electrons. The van der Waals surface area contributed by atoms with Crippen molar-refractivity contribution in [1.82, 2.24) is 0 Å². The van der Waals surface area contributed by atoms with Crippen molar-refractivity contribution in [3.8, 4) is 0 Å². The fourth-order valence-electron chi connectivity index (χ4n) is 9.97. The van der Waals surface area contributed by atoms with Crippen LogP contribution in [0.1, 0.15) is 79.1 Å². The molecule has 13 atom stereocenters. The number of aliphatic hydroxyl groups is 2. The second-order valence-electron chi connectivity index (χ2n) is 13.1. The van der Waals surface area contributed by atoms with Gasteiger partial charge in [-0.05, 0) is 73.5 Å². The zero-order valence-corrected chi connectivity index (χ0v) is 20.3. The van der Waals surface area contributed by atoms with E-state index in [0.29, 0.717) is 54.6 Å². The monoisotopic (exact) mass is 446 g/mol. The van der Waals surface area contributed by atoms with Gasteiger partial charge < -0.3 is 19.7 Å². The predicted molar refractivity (Wildman–Crippen MR) is 120 cm³/mol. The standard InChI is InChI=1S/C27H42O5/c1-14-7-8-27(31-13-14)15(2)24-22(32-27)10-19-17-6-5-16-9-20(28)21(29)12-25(16,3)18(17)11-23(30)26(19,24)4/h14-22,24,28-29H,5-13H2,1-4H3/t14-,15-,16-,17-,18+,19-,20+,21+,22+,24-,25-,26+,27+/m0/s1. The van der Waals surface area contributed by atoms with Gasteiger partial charge >= 0.3 is 0 Å². The van der Waals surface area contributed by atoms with Gasteiger partial charge in [-0.3, -0.25) is 4.79 Å². The highest BCUT2D eigenvalue weighted by atomic mass is 16.7. The van der Waals surface area contributed by atoms with Gasteiger partial charge in [-0.15, -0.1) is 0 Å². The second kappa shape index (κ2) is 7.02. The van der Waals surface area contributed by atoms with E-state index >= 15 is 0 Å². The van der Waals surface area contributed by atoms with E-state index in [1.165, 1.54) is 0 Å². The molecule has 4 saturated carbocycles. The number of hydrogen-bond acceptors (Lipinski definition) is 5. The average molecular weight is 447 g/mol. The number of fused-ring (bicyclic) bond motifs is 7. The highest BCUT2D eigenvalue weighted by molar-refractivity contribution is 5.87. The summed E-state index contributed by atoms with van der Waals surface area (Å²) in [6.07, 6.45) is 6.12. The molecule has 5 heteroatoms. The first-order valence-corrected chi connectivity index (χ1v) is 13.3. The molecule has 2 N–H and O–H groups in total. The molecule has 0 amide bonds. The van der Waals surface area contributed by atoms with Crippen LogP contribution >= 0.6 is 0 Å². The molecule has 2 heterocycles. The van der Waals surface area contributed by atoms with Crippen molar-refractivity contribution in [2.75, 3.05) is 6.61 Å². The molecule has 6 rings (SSSR count). The number of Topliss-reactive ketones (excluding diaryl/α,β-unsaturated/α-hetero) is 1. The third kappa shape index (κ3) is 2.69. The quantitative estimate of drug-likeness (QED) is 0.589. The van der Waals surface area contributed by atoms with Gasteiger partial charge in [0, 0.05) is 30.1 Å². The summed E-state index contributed by atoms with van der Waals surface area (Å²) in [4.78, 5) is 14.0. The predicted octanol–water partition coefficient (Wildman–Crippen LogP) is 3.94. The SMILES string of the molecule is C[C@H]1CC[C@@]2(OC1)O[C@@H]1C[C@H]3[C@H]4CC[C@H]5C[C@@H](O)[C@H](O)C[C@]5(C)[C@@H]4CC(=O)[C@]3(C)[C@H]1[C@@H]2C. The third-order valence-electron chi connectivity index (χ3n) is 11.8. The highest BCUT2D eigenvalue weighted by Crippen LogP contribution is 2.70. The lowest BCUT2D eigenvalue weighted by Crippen LogP contribution is -2.59. The van der Waals surface area contributed by atoms with Crippen LogP contribution in [0.5, 0.6) is 0 Å². The summed E-state index contributed by atoms with van der Waals surface area (Å²) in [5, 5.41) is 20.8. The molecule has 6 fully saturated rings. The van der Waals surface area contributed by atoms with Gasteiger partial charge in [-0.2, -0.15) is 0 Å². The summed E-state index contributed by atoms with van der Waals surface area (Å²) in [5.41, 5.74) is -0.371. The molecule has 32 heavy (non-hydrogen) atoms. The van der Waals surface area contributed by atoms with Gasteiger partial charge in [-0.1, -0.05) is 27.7 Å². The minimum Gasteiger partial charge on any atom is -0.390 e. The Hall–Kier alpha value is -0.490. The first-order chi connectivity index (χ1) is 15.1. The van der Waals surface area contributed by atoms with Crippen molar-refractivity contribution >= 4 is 5.78 Å². The Morgan fingerprint density at radius 3 is 2.50 bits per heavy atom. The molecular formula is C27H42O5. The van der Waals surface area contributed by atoms with E-state index in [-0.39, 0.29) is 28.8 Å². The van der Waals surface area contributed by atoms with E-state index in [0.717, 1.165) is 38.7 Å². The summed E-state index contributed by atoms with van der Waals surface area (Å²) in [6.45, 7) is 9.86. The molecule has 5 nitrogen and oxygen atoms in total. The van der Waals surface area contributed by atoms with Crippen molar-refractivity contribution < 1.29 is 24.5 Å². The topological polar surface area (TPSA) is 76.0 Å². The van der Waals surface area contributed by atoms with Gasteiger partial charge in [0.2, 0.25) is 0 Å². The minimum atomic E-state index is -0.657. The van der Waals surface area contributed by atoms with Crippen LogP contribution in [0.4, 0.5) is 0 Å². The van der Waals surface area contributed by atoms with Crippen molar-refractivity contribution in [1.29, 1.82) is 0 Å². The Morgan fingerprint density at radius 1 is 1.00 bits per heavy atom. The van der Waals surface area contributed by atoms with Crippen LogP contribution in [0.3, 0.4) is 0 Å². The molecule has 2 aliphatic heterocycles. The third-order valence-corrected chi connectivity index (χ3v) is 11.8. The van der Waals surface area contributed by atoms with Crippen molar-refractivity contribution in [3.63, 3.8) is 0 Å². The maximum Gasteiger partial charge on any atom is 0.171 e.